The SMILES string of the molecule is CCCCCOc1ccc(/C(O)=C2/C(=O)C(=O)N(c3ccc(C)c(C)c3)C2c2ccc(C)o2)cc1. The molecule has 0 radical (unpaired) electrons. The van der Waals surface area contributed by atoms with Gasteiger partial charge in [0, 0.05) is 11.3 Å². The van der Waals surface area contributed by atoms with Gasteiger partial charge in [0.2, 0.25) is 0 Å². The van der Waals surface area contributed by atoms with Crippen molar-refractivity contribution in [2.75, 3.05) is 11.5 Å². The maximum atomic E-state index is 13.2. The summed E-state index contributed by atoms with van der Waals surface area (Å²) in [6, 6.07) is 15.1. The smallest absolute Gasteiger partial charge is 0.300 e. The van der Waals surface area contributed by atoms with E-state index in [9.17, 15) is 14.7 Å². The number of carbonyl (C=O) groups is 2. The molecule has 1 fully saturated rings. The fraction of sp³-hybridized carbons (Fsp3) is 0.310. The average Bonchev–Trinajstić information content (AvgIpc) is 3.39. The Labute approximate surface area is 205 Å². The predicted octanol–water partition coefficient (Wildman–Crippen LogP) is 6.40. The number of carbonyl (C=O) groups excluding carboxylic acids is 2. The van der Waals surface area contributed by atoms with E-state index < -0.39 is 17.7 Å². The van der Waals surface area contributed by atoms with Crippen LogP contribution in [-0.2, 0) is 9.59 Å². The van der Waals surface area contributed by atoms with Crippen LogP contribution in [0, 0.1) is 20.8 Å². The van der Waals surface area contributed by atoms with Crippen LogP contribution in [0.1, 0.15) is 60.4 Å². The lowest BCUT2D eigenvalue weighted by Gasteiger charge is -2.24. The molecule has 6 nitrogen and oxygen atoms in total. The summed E-state index contributed by atoms with van der Waals surface area (Å²) in [4.78, 5) is 27.9. The van der Waals surface area contributed by atoms with E-state index in [1.807, 2.05) is 26.0 Å². The minimum Gasteiger partial charge on any atom is -0.507 e. The maximum absolute atomic E-state index is 13.2. The molecule has 0 bridgehead atoms. The van der Waals surface area contributed by atoms with Gasteiger partial charge in [-0.25, -0.2) is 0 Å². The fourth-order valence-corrected chi connectivity index (χ4v) is 4.25. The number of aliphatic hydroxyl groups is 1. The molecule has 35 heavy (non-hydrogen) atoms. The van der Waals surface area contributed by atoms with Gasteiger partial charge in [0.25, 0.3) is 11.7 Å². The van der Waals surface area contributed by atoms with Gasteiger partial charge in [0.05, 0.1) is 12.2 Å². The van der Waals surface area contributed by atoms with Gasteiger partial charge in [-0.05, 0) is 86.8 Å². The van der Waals surface area contributed by atoms with Crippen LogP contribution in [0.5, 0.6) is 5.75 Å². The van der Waals surface area contributed by atoms with Gasteiger partial charge in [-0.2, -0.15) is 0 Å². The summed E-state index contributed by atoms with van der Waals surface area (Å²) in [5.41, 5.74) is 3.07. The number of hydrogen-bond donors (Lipinski definition) is 1. The molecule has 4 rings (SSSR count). The van der Waals surface area contributed by atoms with Crippen molar-refractivity contribution >= 4 is 23.1 Å². The molecule has 0 saturated carbocycles. The maximum Gasteiger partial charge on any atom is 0.300 e. The van der Waals surface area contributed by atoms with E-state index >= 15 is 0 Å². The average molecular weight is 474 g/mol. The third-order valence-corrected chi connectivity index (χ3v) is 6.39. The van der Waals surface area contributed by atoms with Crippen molar-refractivity contribution in [1.29, 1.82) is 0 Å². The number of nitrogens with zero attached hydrogens (tertiary/aromatic N) is 1. The van der Waals surface area contributed by atoms with Gasteiger partial charge in [0.1, 0.15) is 29.1 Å². The first-order chi connectivity index (χ1) is 16.8. The second-order valence-corrected chi connectivity index (χ2v) is 8.97. The van der Waals surface area contributed by atoms with Crippen LogP contribution in [0.3, 0.4) is 0 Å². The largest absolute Gasteiger partial charge is 0.507 e. The third kappa shape index (κ3) is 4.87. The zero-order valence-corrected chi connectivity index (χ0v) is 20.6. The molecule has 1 unspecified atom stereocenters. The van der Waals surface area contributed by atoms with Crippen LogP contribution < -0.4 is 9.64 Å². The highest BCUT2D eigenvalue weighted by Gasteiger charge is 2.48. The standard InChI is InChI=1S/C29H31NO5/c1-5-6-7-16-34-23-13-10-21(11-14-23)27(31)25-26(24-15-9-20(4)35-24)30(29(33)28(25)32)22-12-8-18(2)19(3)17-22/h8-15,17,26,31H,5-7,16H2,1-4H3/b27-25-. The summed E-state index contributed by atoms with van der Waals surface area (Å²) in [5, 5.41) is 11.2. The van der Waals surface area contributed by atoms with Gasteiger partial charge < -0.3 is 14.3 Å². The number of aryl methyl sites for hydroxylation is 3. The van der Waals surface area contributed by atoms with E-state index in [2.05, 4.69) is 6.92 Å². The Morgan fingerprint density at radius 1 is 0.971 bits per heavy atom. The van der Waals surface area contributed by atoms with Crippen molar-refractivity contribution < 1.29 is 23.8 Å². The van der Waals surface area contributed by atoms with Crippen molar-refractivity contribution in [3.63, 3.8) is 0 Å². The molecule has 1 aliphatic heterocycles. The number of aliphatic hydroxyl groups excluding tert-OH is 1. The highest BCUT2D eigenvalue weighted by atomic mass is 16.5. The molecule has 1 saturated heterocycles. The molecule has 1 atom stereocenters. The van der Waals surface area contributed by atoms with E-state index in [-0.39, 0.29) is 11.3 Å². The summed E-state index contributed by atoms with van der Waals surface area (Å²) in [5.74, 6) is 0.0507. The molecule has 6 heteroatoms. The second-order valence-electron chi connectivity index (χ2n) is 8.97. The molecule has 1 N–H and O–H groups in total. The van der Waals surface area contributed by atoms with Crippen LogP contribution in [-0.4, -0.2) is 23.4 Å². The number of ether oxygens (including phenoxy) is 1. The number of Topliss-reactive ketones (excluding diaryl/α,β-unsaturated/α-hetero) is 1. The zero-order chi connectivity index (χ0) is 25.1. The highest BCUT2D eigenvalue weighted by Crippen LogP contribution is 2.43. The minimum absolute atomic E-state index is 0.000748. The van der Waals surface area contributed by atoms with Gasteiger partial charge in [-0.3, -0.25) is 14.5 Å². The number of ketones is 1. The van der Waals surface area contributed by atoms with Crippen molar-refractivity contribution in [3.05, 3.63) is 88.4 Å². The van der Waals surface area contributed by atoms with E-state index in [0.29, 0.717) is 35.1 Å². The van der Waals surface area contributed by atoms with Crippen molar-refractivity contribution in [2.45, 2.75) is 53.0 Å². The first-order valence-electron chi connectivity index (χ1n) is 12.0. The summed E-state index contributed by atoms with van der Waals surface area (Å²) < 4.78 is 11.6. The molecule has 3 aromatic rings. The van der Waals surface area contributed by atoms with E-state index in [1.54, 1.807) is 49.4 Å². The lowest BCUT2D eigenvalue weighted by molar-refractivity contribution is -0.132. The van der Waals surface area contributed by atoms with E-state index in [4.69, 9.17) is 9.15 Å². The lowest BCUT2D eigenvalue weighted by atomic mass is 9.99. The molecule has 1 aromatic heterocycles. The molecule has 2 aromatic carbocycles. The lowest BCUT2D eigenvalue weighted by Crippen LogP contribution is -2.29. The Morgan fingerprint density at radius 2 is 1.71 bits per heavy atom. The van der Waals surface area contributed by atoms with Crippen molar-refractivity contribution in [3.8, 4) is 5.75 Å². The number of benzene rings is 2. The Hall–Kier alpha value is -3.80. The number of hydrogen-bond acceptors (Lipinski definition) is 5. The Kier molecular flexibility index (Phi) is 7.10. The second kappa shape index (κ2) is 10.2. The van der Waals surface area contributed by atoms with Gasteiger partial charge in [0.15, 0.2) is 0 Å². The van der Waals surface area contributed by atoms with E-state index in [1.165, 1.54) is 4.90 Å². The van der Waals surface area contributed by atoms with Crippen molar-refractivity contribution in [1.82, 2.24) is 0 Å². The Morgan fingerprint density at radius 3 is 2.34 bits per heavy atom. The molecular weight excluding hydrogens is 442 g/mol. The number of rotatable bonds is 8. The van der Waals surface area contributed by atoms with Crippen LogP contribution in [0.15, 0.2) is 64.6 Å². The molecule has 0 spiro atoms. The summed E-state index contributed by atoms with van der Waals surface area (Å²) in [6.07, 6.45) is 3.19. The van der Waals surface area contributed by atoms with Crippen LogP contribution in [0.25, 0.3) is 5.76 Å². The Balaban J connectivity index is 1.75. The number of anilines is 1. The van der Waals surface area contributed by atoms with Gasteiger partial charge >= 0.3 is 0 Å². The zero-order valence-electron chi connectivity index (χ0n) is 20.6. The number of furan rings is 1. The first-order valence-corrected chi connectivity index (χ1v) is 12.0. The summed E-state index contributed by atoms with van der Waals surface area (Å²) in [7, 11) is 0. The van der Waals surface area contributed by atoms with Crippen LogP contribution in [0.4, 0.5) is 5.69 Å². The van der Waals surface area contributed by atoms with E-state index in [0.717, 1.165) is 30.4 Å². The number of amides is 1. The first kappa shape index (κ1) is 24.3. The molecule has 1 amide bonds. The summed E-state index contributed by atoms with van der Waals surface area (Å²) >= 11 is 0. The molecule has 1 aliphatic rings. The van der Waals surface area contributed by atoms with Crippen molar-refractivity contribution in [2.24, 2.45) is 0 Å². The normalized spacial score (nSPS) is 17.3. The van der Waals surface area contributed by atoms with Gasteiger partial charge in [-0.15, -0.1) is 0 Å². The quantitative estimate of drug-likeness (QED) is 0.177. The number of unbranched alkanes of at least 4 members (excludes halogenated alkanes) is 2. The monoisotopic (exact) mass is 473 g/mol. The predicted molar refractivity (Wildman–Crippen MR) is 136 cm³/mol. The summed E-state index contributed by atoms with van der Waals surface area (Å²) in [6.45, 7) is 8.49. The van der Waals surface area contributed by atoms with Gasteiger partial charge in [-0.1, -0.05) is 25.8 Å². The minimum atomic E-state index is -0.879. The highest BCUT2D eigenvalue weighted by molar-refractivity contribution is 6.51. The molecule has 182 valence electrons. The Bertz CT molecular complexity index is 1270. The third-order valence-electron chi connectivity index (χ3n) is 6.39. The molecular formula is C29H31NO5. The fourth-order valence-electron chi connectivity index (χ4n) is 4.25. The van der Waals surface area contributed by atoms with Crippen LogP contribution >= 0.6 is 0 Å². The molecule has 0 aliphatic carbocycles. The van der Waals surface area contributed by atoms with Crippen LogP contribution in [0.2, 0.25) is 0 Å². The topological polar surface area (TPSA) is 80.0 Å². The molecule has 2 heterocycles.